The molecule has 3 nitrogen and oxygen atoms in total. The lowest BCUT2D eigenvalue weighted by molar-refractivity contribution is 0.405. The van der Waals surface area contributed by atoms with E-state index in [2.05, 4.69) is 38.3 Å². The summed E-state index contributed by atoms with van der Waals surface area (Å²) in [6.45, 7) is 3.19. The minimum absolute atomic E-state index is 0.206. The van der Waals surface area contributed by atoms with E-state index in [4.69, 9.17) is 0 Å². The first-order valence-electron chi connectivity index (χ1n) is 3.03. The molecule has 0 saturated heterocycles. The van der Waals surface area contributed by atoms with E-state index in [0.29, 0.717) is 0 Å². The van der Waals surface area contributed by atoms with E-state index < -0.39 is 0 Å². The van der Waals surface area contributed by atoms with Gasteiger partial charge < -0.3 is 4.90 Å². The van der Waals surface area contributed by atoms with Crippen molar-refractivity contribution in [1.82, 2.24) is 10.3 Å². The third kappa shape index (κ3) is 1.58. The van der Waals surface area contributed by atoms with Crippen LogP contribution in [0.5, 0.6) is 0 Å². The molecule has 0 aromatic heterocycles. The van der Waals surface area contributed by atoms with Crippen molar-refractivity contribution in [2.75, 3.05) is 6.54 Å². The second-order valence-electron chi connectivity index (χ2n) is 1.95. The average Bonchev–Trinajstić information content (AvgIpc) is 2.18. The van der Waals surface area contributed by atoms with Crippen LogP contribution in [0.3, 0.4) is 0 Å². The average molecular weight is 192 g/mol. The summed E-state index contributed by atoms with van der Waals surface area (Å²) in [5.74, 6) is 0. The minimum atomic E-state index is 0.206. The Hall–Kier alpha value is -0.250. The highest BCUT2D eigenvalue weighted by atomic mass is 79.9. The van der Waals surface area contributed by atoms with E-state index in [9.17, 15) is 0 Å². The summed E-state index contributed by atoms with van der Waals surface area (Å²) in [5.41, 5.74) is 2.87. The van der Waals surface area contributed by atoms with E-state index >= 15 is 0 Å². The molecule has 0 aliphatic carbocycles. The van der Waals surface area contributed by atoms with Crippen LogP contribution in [0.4, 0.5) is 0 Å². The van der Waals surface area contributed by atoms with Crippen molar-refractivity contribution in [1.29, 1.82) is 0 Å². The maximum absolute atomic E-state index is 3.87. The van der Waals surface area contributed by atoms with Crippen molar-refractivity contribution in [2.45, 2.75) is 18.4 Å². The van der Waals surface area contributed by atoms with Crippen LogP contribution in [0, 0.1) is 0 Å². The van der Waals surface area contributed by atoms with Crippen LogP contribution in [0.25, 0.3) is 0 Å². The number of nitrogens with zero attached hydrogens (tertiary/aromatic N) is 2. The molecule has 0 aromatic rings. The van der Waals surface area contributed by atoms with Gasteiger partial charge in [-0.15, -0.1) is 0 Å². The van der Waals surface area contributed by atoms with Crippen LogP contribution in [0.1, 0.15) is 13.3 Å². The Morgan fingerprint density at radius 1 is 1.89 bits per heavy atom. The largest absolute Gasteiger partial charge is 0.331 e. The van der Waals surface area contributed by atoms with Gasteiger partial charge in [0, 0.05) is 6.54 Å². The highest BCUT2D eigenvalue weighted by Gasteiger charge is 2.13. The van der Waals surface area contributed by atoms with Crippen molar-refractivity contribution >= 4 is 22.3 Å². The van der Waals surface area contributed by atoms with Crippen molar-refractivity contribution < 1.29 is 0 Å². The molecule has 52 valence electrons. The van der Waals surface area contributed by atoms with Gasteiger partial charge in [0.1, 0.15) is 6.34 Å². The Morgan fingerprint density at radius 3 is 3.11 bits per heavy atom. The molecule has 1 aliphatic rings. The zero-order chi connectivity index (χ0) is 6.69. The Kier molecular flexibility index (Phi) is 2.33. The van der Waals surface area contributed by atoms with Gasteiger partial charge in [-0.2, -0.15) is 5.10 Å². The molecule has 0 amide bonds. The monoisotopic (exact) mass is 191 g/mol. The van der Waals surface area contributed by atoms with Gasteiger partial charge in [0.15, 0.2) is 5.08 Å². The smallest absolute Gasteiger partial charge is 0.172 e. The van der Waals surface area contributed by atoms with Gasteiger partial charge in [0.2, 0.25) is 0 Å². The number of hydrogen-bond donors (Lipinski definition) is 1. The van der Waals surface area contributed by atoms with Crippen LogP contribution in [-0.4, -0.2) is 22.9 Å². The van der Waals surface area contributed by atoms with Gasteiger partial charge in [-0.25, -0.2) is 0 Å². The number of halogens is 1. The first kappa shape index (κ1) is 6.86. The van der Waals surface area contributed by atoms with Crippen LogP contribution >= 0.6 is 15.9 Å². The van der Waals surface area contributed by atoms with Gasteiger partial charge in [0.25, 0.3) is 0 Å². The lowest BCUT2D eigenvalue weighted by Gasteiger charge is -2.16. The molecule has 1 heterocycles. The Balaban J connectivity index is 2.31. The molecule has 0 radical (unpaired) electrons. The molecule has 1 unspecified atom stereocenters. The molecule has 4 heteroatoms. The summed E-state index contributed by atoms with van der Waals surface area (Å²) in [6.07, 6.45) is 2.96. The zero-order valence-corrected chi connectivity index (χ0v) is 6.93. The highest BCUT2D eigenvalue weighted by Crippen LogP contribution is 2.06. The first-order valence-corrected chi connectivity index (χ1v) is 3.94. The summed E-state index contributed by atoms with van der Waals surface area (Å²) in [6, 6.07) is 0. The topological polar surface area (TPSA) is 27.6 Å². The summed E-state index contributed by atoms with van der Waals surface area (Å²) in [4.78, 5) is 2.10. The third-order valence-corrected chi connectivity index (χ3v) is 1.89. The highest BCUT2D eigenvalue weighted by molar-refractivity contribution is 9.09. The van der Waals surface area contributed by atoms with Crippen LogP contribution in [-0.2, 0) is 0 Å². The van der Waals surface area contributed by atoms with E-state index in [-0.39, 0.29) is 5.08 Å². The maximum atomic E-state index is 3.87. The number of alkyl halides is 1. The standard InChI is InChI=1S/C5H10BrN3/c1-2-3-9-4-7-8-5(9)6/h4-5,8H,2-3H2,1H3. The fourth-order valence-electron chi connectivity index (χ4n) is 0.731. The predicted molar refractivity (Wildman–Crippen MR) is 41.3 cm³/mol. The zero-order valence-electron chi connectivity index (χ0n) is 5.34. The van der Waals surface area contributed by atoms with Gasteiger partial charge in [-0.05, 0) is 22.4 Å². The number of nitrogens with one attached hydrogen (secondary N) is 1. The Labute approximate surface area is 63.2 Å². The van der Waals surface area contributed by atoms with Gasteiger partial charge >= 0.3 is 0 Å². The molecular formula is C5H10BrN3. The van der Waals surface area contributed by atoms with Gasteiger partial charge in [0.05, 0.1) is 0 Å². The molecule has 0 bridgehead atoms. The van der Waals surface area contributed by atoms with E-state index in [1.54, 1.807) is 0 Å². The second kappa shape index (κ2) is 3.06. The Morgan fingerprint density at radius 2 is 2.67 bits per heavy atom. The third-order valence-electron chi connectivity index (χ3n) is 1.16. The van der Waals surface area contributed by atoms with Crippen molar-refractivity contribution in [3.8, 4) is 0 Å². The molecule has 0 spiro atoms. The molecular weight excluding hydrogens is 182 g/mol. The lowest BCUT2D eigenvalue weighted by Crippen LogP contribution is -2.31. The summed E-state index contributed by atoms with van der Waals surface area (Å²) < 4.78 is 0. The maximum Gasteiger partial charge on any atom is 0.172 e. The molecule has 1 rings (SSSR count). The minimum Gasteiger partial charge on any atom is -0.331 e. The fraction of sp³-hybridized carbons (Fsp3) is 0.800. The Bertz CT molecular complexity index is 115. The number of hydrogen-bond acceptors (Lipinski definition) is 3. The lowest BCUT2D eigenvalue weighted by atomic mass is 10.5. The number of rotatable bonds is 2. The molecule has 1 N–H and O–H groups in total. The molecule has 9 heavy (non-hydrogen) atoms. The molecule has 1 atom stereocenters. The predicted octanol–water partition coefficient (Wildman–Crippen LogP) is 0.923. The van der Waals surface area contributed by atoms with Crippen molar-refractivity contribution in [3.63, 3.8) is 0 Å². The van der Waals surface area contributed by atoms with Crippen LogP contribution in [0.15, 0.2) is 5.10 Å². The van der Waals surface area contributed by atoms with Crippen LogP contribution in [0.2, 0.25) is 0 Å². The van der Waals surface area contributed by atoms with E-state index in [1.807, 2.05) is 6.34 Å². The number of hydrazone groups is 1. The van der Waals surface area contributed by atoms with Crippen molar-refractivity contribution in [3.05, 3.63) is 0 Å². The summed E-state index contributed by atoms with van der Waals surface area (Å²) in [7, 11) is 0. The van der Waals surface area contributed by atoms with Crippen molar-refractivity contribution in [2.24, 2.45) is 5.10 Å². The molecule has 0 aromatic carbocycles. The quantitative estimate of drug-likeness (QED) is 0.520. The molecule has 0 saturated carbocycles. The summed E-state index contributed by atoms with van der Waals surface area (Å²) >= 11 is 3.40. The van der Waals surface area contributed by atoms with E-state index in [1.165, 1.54) is 0 Å². The summed E-state index contributed by atoms with van der Waals surface area (Å²) in [5, 5.41) is 4.07. The fourth-order valence-corrected chi connectivity index (χ4v) is 1.16. The van der Waals surface area contributed by atoms with Gasteiger partial charge in [-0.1, -0.05) is 6.92 Å². The SMILES string of the molecule is CCCN1C=NNC1Br. The first-order chi connectivity index (χ1) is 4.34. The normalized spacial score (nSPS) is 24.7. The molecule has 1 aliphatic heterocycles. The van der Waals surface area contributed by atoms with Gasteiger partial charge in [-0.3, -0.25) is 5.43 Å². The van der Waals surface area contributed by atoms with E-state index in [0.717, 1.165) is 13.0 Å². The molecule has 0 fully saturated rings. The van der Waals surface area contributed by atoms with Crippen LogP contribution < -0.4 is 5.43 Å². The second-order valence-corrected chi connectivity index (χ2v) is 2.81.